The zero-order chi connectivity index (χ0) is 19.2. The fourth-order valence-electron chi connectivity index (χ4n) is 2.87. The van der Waals surface area contributed by atoms with Crippen molar-refractivity contribution in [2.24, 2.45) is 0 Å². The molecule has 1 fully saturated rings. The van der Waals surface area contributed by atoms with Crippen LogP contribution in [0, 0.1) is 11.8 Å². The number of anilines is 1. The standard InChI is InChI=1S/C18H23N5O4/c1-26-12-11-22-7-9-23(10-8-22)16-6-5-15(27-2)13(19-16)3-4-14-17(24)21-18(25)20-14/h5-6,24H,7-12H2,1-2H3,(H2,20,21,25). The molecule has 9 heteroatoms. The molecule has 144 valence electrons. The first-order valence-electron chi connectivity index (χ1n) is 8.65. The van der Waals surface area contributed by atoms with E-state index in [2.05, 4.69) is 36.6 Å². The van der Waals surface area contributed by atoms with Crippen LogP contribution in [0.5, 0.6) is 11.6 Å². The molecule has 2 aromatic heterocycles. The minimum absolute atomic E-state index is 0.112. The molecule has 27 heavy (non-hydrogen) atoms. The lowest BCUT2D eigenvalue weighted by atomic mass is 10.2. The Morgan fingerprint density at radius 2 is 1.96 bits per heavy atom. The number of nitrogens with zero attached hydrogens (tertiary/aromatic N) is 3. The molecular formula is C18H23N5O4. The van der Waals surface area contributed by atoms with E-state index in [-0.39, 0.29) is 11.6 Å². The van der Waals surface area contributed by atoms with Crippen molar-refractivity contribution >= 4 is 5.82 Å². The van der Waals surface area contributed by atoms with Crippen LogP contribution in [0.1, 0.15) is 11.4 Å². The van der Waals surface area contributed by atoms with Gasteiger partial charge in [-0.05, 0) is 24.0 Å². The zero-order valence-electron chi connectivity index (χ0n) is 15.4. The highest BCUT2D eigenvalue weighted by atomic mass is 16.5. The number of piperazine rings is 1. The Hall–Kier alpha value is -2.96. The van der Waals surface area contributed by atoms with Gasteiger partial charge in [-0.15, -0.1) is 0 Å². The van der Waals surface area contributed by atoms with Gasteiger partial charge in [-0.25, -0.2) is 9.78 Å². The Morgan fingerprint density at radius 3 is 2.59 bits per heavy atom. The summed E-state index contributed by atoms with van der Waals surface area (Å²) >= 11 is 0. The van der Waals surface area contributed by atoms with Crippen LogP contribution in [-0.4, -0.2) is 78.5 Å². The largest absolute Gasteiger partial charge is 0.494 e. The molecule has 3 rings (SSSR count). The van der Waals surface area contributed by atoms with E-state index in [0.29, 0.717) is 11.4 Å². The molecule has 1 aliphatic heterocycles. The van der Waals surface area contributed by atoms with Crippen molar-refractivity contribution in [3.63, 3.8) is 0 Å². The van der Waals surface area contributed by atoms with Gasteiger partial charge < -0.3 is 19.5 Å². The number of nitrogens with one attached hydrogen (secondary N) is 2. The first-order chi connectivity index (χ1) is 13.1. The molecule has 0 amide bonds. The number of H-pyrrole nitrogens is 2. The molecule has 1 aliphatic rings. The molecule has 0 aliphatic carbocycles. The lowest BCUT2D eigenvalue weighted by Crippen LogP contribution is -2.47. The van der Waals surface area contributed by atoms with Gasteiger partial charge in [0, 0.05) is 39.8 Å². The Balaban J connectivity index is 1.77. The molecule has 0 radical (unpaired) electrons. The van der Waals surface area contributed by atoms with Gasteiger partial charge in [0.05, 0.1) is 13.7 Å². The summed E-state index contributed by atoms with van der Waals surface area (Å²) in [4.78, 5) is 25.0. The maximum absolute atomic E-state index is 11.2. The molecule has 9 nitrogen and oxygen atoms in total. The van der Waals surface area contributed by atoms with E-state index in [4.69, 9.17) is 9.47 Å². The van der Waals surface area contributed by atoms with Gasteiger partial charge in [0.25, 0.3) is 0 Å². The van der Waals surface area contributed by atoms with Gasteiger partial charge in [0.2, 0.25) is 5.88 Å². The van der Waals surface area contributed by atoms with Gasteiger partial charge in [-0.1, -0.05) is 0 Å². The summed E-state index contributed by atoms with van der Waals surface area (Å²) in [6, 6.07) is 3.73. The smallest absolute Gasteiger partial charge is 0.326 e. The van der Waals surface area contributed by atoms with Crippen molar-refractivity contribution in [2.45, 2.75) is 0 Å². The van der Waals surface area contributed by atoms with Gasteiger partial charge >= 0.3 is 5.69 Å². The Morgan fingerprint density at radius 1 is 1.19 bits per heavy atom. The summed E-state index contributed by atoms with van der Waals surface area (Å²) in [6.07, 6.45) is 0. The molecule has 0 aromatic carbocycles. The average Bonchev–Trinajstić information content (AvgIpc) is 3.02. The third-order valence-electron chi connectivity index (χ3n) is 4.38. The van der Waals surface area contributed by atoms with E-state index in [1.165, 1.54) is 0 Å². The molecule has 2 aromatic rings. The van der Waals surface area contributed by atoms with Crippen LogP contribution in [-0.2, 0) is 4.74 Å². The van der Waals surface area contributed by atoms with Crippen LogP contribution in [0.3, 0.4) is 0 Å². The van der Waals surface area contributed by atoms with Gasteiger partial charge in [0.15, 0.2) is 17.1 Å². The quantitative estimate of drug-likeness (QED) is 0.633. The van der Waals surface area contributed by atoms with Crippen molar-refractivity contribution in [1.82, 2.24) is 19.9 Å². The number of ether oxygens (including phenoxy) is 2. The van der Waals surface area contributed by atoms with E-state index in [1.54, 1.807) is 14.2 Å². The van der Waals surface area contributed by atoms with Crippen LogP contribution in [0.4, 0.5) is 5.82 Å². The van der Waals surface area contributed by atoms with Gasteiger partial charge in [0.1, 0.15) is 5.82 Å². The highest BCUT2D eigenvalue weighted by molar-refractivity contribution is 5.52. The summed E-state index contributed by atoms with van der Waals surface area (Å²) in [6.45, 7) is 5.26. The van der Waals surface area contributed by atoms with E-state index >= 15 is 0 Å². The minimum Gasteiger partial charge on any atom is -0.494 e. The SMILES string of the molecule is COCCN1CCN(c2ccc(OC)c(C#Cc3[nH]c(=O)[nH]c3O)n2)CC1. The lowest BCUT2D eigenvalue weighted by molar-refractivity contribution is 0.144. The number of aromatic nitrogens is 3. The van der Waals surface area contributed by atoms with E-state index in [0.717, 1.165) is 45.1 Å². The number of methoxy groups -OCH3 is 2. The molecule has 3 N–H and O–H groups in total. The van der Waals surface area contributed by atoms with Crippen molar-refractivity contribution in [3.8, 4) is 23.5 Å². The predicted octanol–water partition coefficient (Wildman–Crippen LogP) is -0.0196. The van der Waals surface area contributed by atoms with E-state index in [1.807, 2.05) is 12.1 Å². The minimum atomic E-state index is -0.517. The molecule has 3 heterocycles. The third kappa shape index (κ3) is 4.61. The number of hydrogen-bond acceptors (Lipinski definition) is 7. The molecule has 1 saturated heterocycles. The maximum atomic E-state index is 11.2. The first-order valence-corrected chi connectivity index (χ1v) is 8.65. The fraction of sp³-hybridized carbons (Fsp3) is 0.444. The third-order valence-corrected chi connectivity index (χ3v) is 4.38. The topological polar surface area (TPSA) is 107 Å². The van der Waals surface area contributed by atoms with Crippen LogP contribution in [0.15, 0.2) is 16.9 Å². The number of imidazole rings is 1. The summed E-state index contributed by atoms with van der Waals surface area (Å²) in [7, 11) is 3.26. The summed E-state index contributed by atoms with van der Waals surface area (Å²) in [5.74, 6) is 6.63. The van der Waals surface area contributed by atoms with Gasteiger partial charge in [-0.2, -0.15) is 0 Å². The number of pyridine rings is 1. The molecule has 0 bridgehead atoms. The highest BCUT2D eigenvalue weighted by Gasteiger charge is 2.18. The van der Waals surface area contributed by atoms with Crippen LogP contribution < -0.4 is 15.3 Å². The Kier molecular flexibility index (Phi) is 6.01. The summed E-state index contributed by atoms with van der Waals surface area (Å²) in [5, 5.41) is 9.62. The van der Waals surface area contributed by atoms with Crippen LogP contribution >= 0.6 is 0 Å². The summed E-state index contributed by atoms with van der Waals surface area (Å²) < 4.78 is 10.5. The molecule has 0 spiro atoms. The molecule has 0 atom stereocenters. The van der Waals surface area contributed by atoms with Crippen molar-refractivity contribution in [2.75, 3.05) is 58.5 Å². The van der Waals surface area contributed by atoms with Crippen molar-refractivity contribution < 1.29 is 14.6 Å². The summed E-state index contributed by atoms with van der Waals surface area (Å²) in [5.41, 5.74) is 0.0380. The second-order valence-corrected chi connectivity index (χ2v) is 6.09. The number of aromatic amines is 2. The molecule has 0 unspecified atom stereocenters. The monoisotopic (exact) mass is 373 g/mol. The highest BCUT2D eigenvalue weighted by Crippen LogP contribution is 2.21. The maximum Gasteiger partial charge on any atom is 0.326 e. The first kappa shape index (κ1) is 18.8. The number of aromatic hydroxyl groups is 1. The van der Waals surface area contributed by atoms with Crippen LogP contribution in [0.25, 0.3) is 0 Å². The predicted molar refractivity (Wildman–Crippen MR) is 100 cm³/mol. The lowest BCUT2D eigenvalue weighted by Gasteiger charge is -2.35. The molecular weight excluding hydrogens is 350 g/mol. The fourth-order valence-corrected chi connectivity index (χ4v) is 2.87. The van der Waals surface area contributed by atoms with Crippen LogP contribution in [0.2, 0.25) is 0 Å². The zero-order valence-corrected chi connectivity index (χ0v) is 15.4. The number of hydrogen-bond donors (Lipinski definition) is 3. The average molecular weight is 373 g/mol. The van der Waals surface area contributed by atoms with Gasteiger partial charge in [-0.3, -0.25) is 14.9 Å². The van der Waals surface area contributed by atoms with E-state index in [9.17, 15) is 9.90 Å². The van der Waals surface area contributed by atoms with Crippen molar-refractivity contribution in [3.05, 3.63) is 34.0 Å². The second kappa shape index (κ2) is 8.62. The molecule has 0 saturated carbocycles. The van der Waals surface area contributed by atoms with Crippen molar-refractivity contribution in [1.29, 1.82) is 0 Å². The Bertz CT molecular complexity index is 887. The Labute approximate surface area is 156 Å². The van der Waals surface area contributed by atoms with E-state index < -0.39 is 5.69 Å². The number of rotatable bonds is 5. The normalized spacial score (nSPS) is 14.7. The second-order valence-electron chi connectivity index (χ2n) is 6.09.